The van der Waals surface area contributed by atoms with Gasteiger partial charge in [0.05, 0.1) is 36.1 Å². The fourth-order valence-electron chi connectivity index (χ4n) is 3.55. The van der Waals surface area contributed by atoms with Gasteiger partial charge in [0.25, 0.3) is 0 Å². The first-order valence-corrected chi connectivity index (χ1v) is 10.3. The van der Waals surface area contributed by atoms with Crippen LogP contribution in [0.25, 0.3) is 5.69 Å². The highest BCUT2D eigenvalue weighted by Gasteiger charge is 2.35. The summed E-state index contributed by atoms with van der Waals surface area (Å²) in [6.45, 7) is 3.89. The van der Waals surface area contributed by atoms with Crippen molar-refractivity contribution in [1.82, 2.24) is 9.78 Å². The molecule has 1 aromatic heterocycles. The van der Waals surface area contributed by atoms with Gasteiger partial charge in [-0.05, 0) is 44.2 Å². The van der Waals surface area contributed by atoms with E-state index in [2.05, 4.69) is 5.32 Å². The van der Waals surface area contributed by atoms with Crippen molar-refractivity contribution in [2.75, 3.05) is 19.5 Å². The lowest BCUT2D eigenvalue weighted by atomic mass is 10.0. The van der Waals surface area contributed by atoms with E-state index in [0.717, 1.165) is 34.0 Å². The Morgan fingerprint density at radius 2 is 1.86 bits per heavy atom. The minimum absolute atomic E-state index is 0.0438. The number of thioether (sulfide) groups is 1. The van der Waals surface area contributed by atoms with Gasteiger partial charge in [0.2, 0.25) is 5.91 Å². The van der Waals surface area contributed by atoms with E-state index in [4.69, 9.17) is 14.6 Å². The number of ether oxygens (including phenoxy) is 2. The summed E-state index contributed by atoms with van der Waals surface area (Å²) < 4.78 is 12.9. The van der Waals surface area contributed by atoms with Crippen LogP contribution in [0.4, 0.5) is 5.82 Å². The highest BCUT2D eigenvalue weighted by molar-refractivity contribution is 8.01. The second kappa shape index (κ2) is 7.83. The van der Waals surface area contributed by atoms with Crippen molar-refractivity contribution in [2.24, 2.45) is 0 Å². The molecule has 3 aromatic rings. The average Bonchev–Trinajstić information content (AvgIpc) is 3.00. The number of nitrogens with zero attached hydrogens (tertiary/aromatic N) is 2. The molecule has 4 rings (SSSR count). The molecular formula is C22H23N3O3S. The number of anilines is 1. The number of para-hydroxylation sites is 1. The Kier molecular flexibility index (Phi) is 5.24. The topological polar surface area (TPSA) is 65.4 Å². The summed E-state index contributed by atoms with van der Waals surface area (Å²) in [4.78, 5) is 12.8. The first-order chi connectivity index (χ1) is 14.0. The lowest BCUT2D eigenvalue weighted by Gasteiger charge is -2.20. The van der Waals surface area contributed by atoms with E-state index in [1.54, 1.807) is 30.7 Å². The monoisotopic (exact) mass is 409 g/mol. The summed E-state index contributed by atoms with van der Waals surface area (Å²) in [5.41, 5.74) is 3.69. The molecule has 0 aliphatic carbocycles. The van der Waals surface area contributed by atoms with Crippen LogP contribution >= 0.6 is 11.8 Å². The third kappa shape index (κ3) is 3.46. The number of rotatable bonds is 4. The third-order valence-electron chi connectivity index (χ3n) is 5.04. The number of methoxy groups -OCH3 is 2. The van der Waals surface area contributed by atoms with Gasteiger partial charge in [0.1, 0.15) is 17.3 Å². The summed E-state index contributed by atoms with van der Waals surface area (Å²) >= 11 is 1.58. The van der Waals surface area contributed by atoms with Crippen molar-refractivity contribution in [3.05, 3.63) is 65.4 Å². The van der Waals surface area contributed by atoms with Crippen LogP contribution in [-0.4, -0.2) is 35.2 Å². The van der Waals surface area contributed by atoms with Crippen LogP contribution in [0.1, 0.15) is 29.0 Å². The molecule has 0 unspecified atom stereocenters. The minimum Gasteiger partial charge on any atom is -0.497 e. The zero-order valence-corrected chi connectivity index (χ0v) is 17.6. The van der Waals surface area contributed by atoms with Gasteiger partial charge in [-0.1, -0.05) is 18.2 Å². The Labute approximate surface area is 174 Å². The summed E-state index contributed by atoms with van der Waals surface area (Å²) in [5, 5.41) is 7.47. The molecule has 0 radical (unpaired) electrons. The zero-order chi connectivity index (χ0) is 20.5. The molecule has 0 saturated carbocycles. The van der Waals surface area contributed by atoms with E-state index in [9.17, 15) is 4.79 Å². The number of carbonyl (C=O) groups excluding carboxylic acids is 1. The molecule has 0 bridgehead atoms. The van der Waals surface area contributed by atoms with E-state index in [0.29, 0.717) is 5.82 Å². The largest absolute Gasteiger partial charge is 0.497 e. The molecule has 1 aliphatic rings. The number of aromatic nitrogens is 2. The highest BCUT2D eigenvalue weighted by atomic mass is 32.2. The second-order valence-corrected chi connectivity index (χ2v) is 8.30. The molecule has 1 N–H and O–H groups in total. The smallest absolute Gasteiger partial charge is 0.238 e. The molecule has 0 fully saturated rings. The molecule has 0 saturated heterocycles. The maximum Gasteiger partial charge on any atom is 0.238 e. The van der Waals surface area contributed by atoms with Gasteiger partial charge in [-0.25, -0.2) is 4.68 Å². The third-order valence-corrected chi connectivity index (χ3v) is 6.42. The van der Waals surface area contributed by atoms with Crippen molar-refractivity contribution >= 4 is 23.5 Å². The van der Waals surface area contributed by atoms with Crippen LogP contribution in [-0.2, 0) is 4.79 Å². The average molecular weight is 410 g/mol. The van der Waals surface area contributed by atoms with Crippen LogP contribution < -0.4 is 14.8 Å². The van der Waals surface area contributed by atoms with Gasteiger partial charge in [-0.15, -0.1) is 11.8 Å². The Hall–Kier alpha value is -2.93. The molecule has 150 valence electrons. The summed E-state index contributed by atoms with van der Waals surface area (Å²) in [6.07, 6.45) is 0. The van der Waals surface area contributed by atoms with E-state index >= 15 is 0 Å². The Balaban J connectivity index is 1.94. The number of hydrogen-bond donors (Lipinski definition) is 1. The first-order valence-electron chi connectivity index (χ1n) is 9.36. The van der Waals surface area contributed by atoms with Crippen molar-refractivity contribution in [2.45, 2.75) is 24.3 Å². The summed E-state index contributed by atoms with van der Waals surface area (Å²) in [5.74, 6) is 2.15. The van der Waals surface area contributed by atoms with E-state index in [1.807, 2.05) is 62.4 Å². The van der Waals surface area contributed by atoms with Crippen LogP contribution in [0.2, 0.25) is 0 Å². The SMILES string of the molecule is COc1ccc(OC)c([C@@H]2S[C@H](C)C(=O)Nc3c2c(C)nn3-c2ccccc2)c1. The van der Waals surface area contributed by atoms with Gasteiger partial charge >= 0.3 is 0 Å². The van der Waals surface area contributed by atoms with Gasteiger partial charge in [-0.3, -0.25) is 4.79 Å². The molecule has 0 spiro atoms. The number of carbonyl (C=O) groups is 1. The highest BCUT2D eigenvalue weighted by Crippen LogP contribution is 2.49. The number of benzene rings is 2. The summed E-state index contributed by atoms with van der Waals surface area (Å²) in [7, 11) is 3.30. The molecule has 2 atom stereocenters. The van der Waals surface area contributed by atoms with Crippen LogP contribution in [0.5, 0.6) is 11.5 Å². The van der Waals surface area contributed by atoms with E-state index in [-0.39, 0.29) is 16.4 Å². The van der Waals surface area contributed by atoms with E-state index < -0.39 is 0 Å². The number of nitrogens with one attached hydrogen (secondary N) is 1. The van der Waals surface area contributed by atoms with Gasteiger partial charge < -0.3 is 14.8 Å². The second-order valence-electron chi connectivity index (χ2n) is 6.85. The van der Waals surface area contributed by atoms with Crippen molar-refractivity contribution in [3.8, 4) is 17.2 Å². The molecule has 2 heterocycles. The molecule has 1 amide bonds. The minimum atomic E-state index is -0.244. The normalized spacial score (nSPS) is 18.6. The maximum absolute atomic E-state index is 12.8. The molecule has 7 heteroatoms. The molecule has 29 heavy (non-hydrogen) atoms. The quantitative estimate of drug-likeness (QED) is 0.694. The lowest BCUT2D eigenvalue weighted by molar-refractivity contribution is -0.115. The Morgan fingerprint density at radius 1 is 1.10 bits per heavy atom. The number of hydrogen-bond acceptors (Lipinski definition) is 5. The summed E-state index contributed by atoms with van der Waals surface area (Å²) in [6, 6.07) is 15.6. The van der Waals surface area contributed by atoms with Crippen LogP contribution in [0.3, 0.4) is 0 Å². The molecular weight excluding hydrogens is 386 g/mol. The Morgan fingerprint density at radius 3 is 2.55 bits per heavy atom. The van der Waals surface area contributed by atoms with Crippen LogP contribution in [0, 0.1) is 6.92 Å². The lowest BCUT2D eigenvalue weighted by Crippen LogP contribution is -2.22. The number of amides is 1. The van der Waals surface area contributed by atoms with Crippen LogP contribution in [0.15, 0.2) is 48.5 Å². The van der Waals surface area contributed by atoms with Gasteiger partial charge in [0, 0.05) is 11.1 Å². The van der Waals surface area contributed by atoms with Crippen molar-refractivity contribution in [1.29, 1.82) is 0 Å². The zero-order valence-electron chi connectivity index (χ0n) is 16.8. The van der Waals surface area contributed by atoms with Crippen molar-refractivity contribution < 1.29 is 14.3 Å². The molecule has 1 aliphatic heterocycles. The van der Waals surface area contributed by atoms with Crippen molar-refractivity contribution in [3.63, 3.8) is 0 Å². The fourth-order valence-corrected chi connectivity index (χ4v) is 4.89. The van der Waals surface area contributed by atoms with Gasteiger partial charge in [-0.2, -0.15) is 5.10 Å². The number of fused-ring (bicyclic) bond motifs is 1. The Bertz CT molecular complexity index is 1050. The number of aryl methyl sites for hydroxylation is 1. The van der Waals surface area contributed by atoms with E-state index in [1.165, 1.54) is 0 Å². The standard InChI is InChI=1S/C22H23N3O3S/c1-13-19-20(17-12-16(27-3)10-11-18(17)28-4)29-14(2)22(26)23-21(19)25(24-13)15-8-6-5-7-9-15/h5-12,14,20H,1-4H3,(H,23,26)/t14-,20+/m1/s1. The molecule has 2 aromatic carbocycles. The first kappa shape index (κ1) is 19.4. The predicted molar refractivity (Wildman–Crippen MR) is 115 cm³/mol. The van der Waals surface area contributed by atoms with Gasteiger partial charge in [0.15, 0.2) is 0 Å². The molecule has 6 nitrogen and oxygen atoms in total. The fraction of sp³-hybridized carbons (Fsp3) is 0.273. The maximum atomic E-state index is 12.8. The predicted octanol–water partition coefficient (Wildman–Crippen LogP) is 4.36.